The van der Waals surface area contributed by atoms with Gasteiger partial charge in [0.05, 0.1) is 10.5 Å². The van der Waals surface area contributed by atoms with Gasteiger partial charge in [0.25, 0.3) is 5.69 Å². The summed E-state index contributed by atoms with van der Waals surface area (Å²) >= 11 is 2.62. The number of anilines is 1. The SMILES string of the molecule is N#Cc1cc([N+](=O)[O-])ccc1Sc1nnc(NCc2ccccc2)s1. The van der Waals surface area contributed by atoms with Crippen LogP contribution in [0.4, 0.5) is 10.8 Å². The molecule has 3 rings (SSSR count). The van der Waals surface area contributed by atoms with E-state index in [1.807, 2.05) is 36.4 Å². The lowest BCUT2D eigenvalue weighted by molar-refractivity contribution is -0.384. The first-order chi connectivity index (χ1) is 12.2. The molecule has 0 aliphatic heterocycles. The van der Waals surface area contributed by atoms with E-state index in [-0.39, 0.29) is 11.3 Å². The lowest BCUT2D eigenvalue weighted by Gasteiger charge is -2.01. The van der Waals surface area contributed by atoms with Gasteiger partial charge in [-0.05, 0) is 11.6 Å². The van der Waals surface area contributed by atoms with Gasteiger partial charge in [0.2, 0.25) is 5.13 Å². The largest absolute Gasteiger partial charge is 0.356 e. The summed E-state index contributed by atoms with van der Waals surface area (Å²) in [5.41, 5.74) is 1.27. The number of nitrogens with one attached hydrogen (secondary N) is 1. The predicted molar refractivity (Wildman–Crippen MR) is 95.6 cm³/mol. The highest BCUT2D eigenvalue weighted by Crippen LogP contribution is 2.35. The molecule has 0 bridgehead atoms. The molecule has 1 heterocycles. The van der Waals surface area contributed by atoms with Crippen molar-refractivity contribution in [3.05, 3.63) is 69.8 Å². The minimum absolute atomic E-state index is 0.108. The van der Waals surface area contributed by atoms with E-state index in [0.717, 1.165) is 5.56 Å². The minimum Gasteiger partial charge on any atom is -0.356 e. The Morgan fingerprint density at radius 3 is 2.76 bits per heavy atom. The molecule has 0 saturated carbocycles. The van der Waals surface area contributed by atoms with Crippen molar-refractivity contribution >= 4 is 33.9 Å². The monoisotopic (exact) mass is 369 g/mol. The summed E-state index contributed by atoms with van der Waals surface area (Å²) in [6.45, 7) is 0.640. The van der Waals surface area contributed by atoms with Crippen molar-refractivity contribution in [3.63, 3.8) is 0 Å². The number of nitrogens with zero attached hydrogens (tertiary/aromatic N) is 4. The minimum atomic E-state index is -0.522. The normalized spacial score (nSPS) is 10.2. The average Bonchev–Trinajstić information content (AvgIpc) is 3.08. The van der Waals surface area contributed by atoms with Crippen molar-refractivity contribution in [3.8, 4) is 6.07 Å². The third-order valence-electron chi connectivity index (χ3n) is 3.18. The molecule has 7 nitrogen and oxygen atoms in total. The molecular weight excluding hydrogens is 358 g/mol. The summed E-state index contributed by atoms with van der Waals surface area (Å²) in [6.07, 6.45) is 0. The highest BCUT2D eigenvalue weighted by molar-refractivity contribution is 8.01. The molecule has 0 unspecified atom stereocenters. The van der Waals surface area contributed by atoms with E-state index < -0.39 is 4.92 Å². The third-order valence-corrected chi connectivity index (χ3v) is 5.19. The molecule has 9 heteroatoms. The smallest absolute Gasteiger partial charge is 0.270 e. The summed E-state index contributed by atoms with van der Waals surface area (Å²) in [7, 11) is 0. The summed E-state index contributed by atoms with van der Waals surface area (Å²) < 4.78 is 0.654. The molecule has 1 N–H and O–H groups in total. The van der Waals surface area contributed by atoms with E-state index >= 15 is 0 Å². The Morgan fingerprint density at radius 2 is 2.04 bits per heavy atom. The molecular formula is C16H11N5O2S2. The van der Waals surface area contributed by atoms with Crippen molar-refractivity contribution in [2.75, 3.05) is 5.32 Å². The Bertz CT molecular complexity index is 937. The van der Waals surface area contributed by atoms with Crippen LogP contribution < -0.4 is 5.32 Å². The van der Waals surface area contributed by atoms with Crippen LogP contribution in [0.3, 0.4) is 0 Å². The Balaban J connectivity index is 1.69. The Labute approximate surface area is 151 Å². The zero-order valence-electron chi connectivity index (χ0n) is 12.7. The zero-order chi connectivity index (χ0) is 17.6. The Hall–Kier alpha value is -2.96. The van der Waals surface area contributed by atoms with Gasteiger partial charge in [-0.25, -0.2) is 0 Å². The van der Waals surface area contributed by atoms with Crippen LogP contribution in [0.15, 0.2) is 57.8 Å². The molecule has 0 amide bonds. The topological polar surface area (TPSA) is 105 Å². The first-order valence-corrected chi connectivity index (χ1v) is 8.76. The molecule has 0 aliphatic carbocycles. The molecule has 1 aromatic heterocycles. The first kappa shape index (κ1) is 16.9. The number of nitro benzene ring substituents is 1. The number of non-ortho nitro benzene ring substituents is 1. The van der Waals surface area contributed by atoms with Gasteiger partial charge >= 0.3 is 0 Å². The number of hydrogen-bond acceptors (Lipinski definition) is 8. The molecule has 3 aromatic rings. The maximum absolute atomic E-state index is 10.8. The van der Waals surface area contributed by atoms with Gasteiger partial charge in [0.1, 0.15) is 6.07 Å². The molecule has 0 spiro atoms. The molecule has 0 radical (unpaired) electrons. The van der Waals surface area contributed by atoms with Crippen LogP contribution in [-0.4, -0.2) is 15.1 Å². The van der Waals surface area contributed by atoms with E-state index in [0.29, 0.717) is 20.9 Å². The van der Waals surface area contributed by atoms with Crippen molar-refractivity contribution in [1.82, 2.24) is 10.2 Å². The summed E-state index contributed by atoms with van der Waals surface area (Å²) in [4.78, 5) is 10.9. The van der Waals surface area contributed by atoms with Crippen LogP contribution in [0.1, 0.15) is 11.1 Å². The second kappa shape index (κ2) is 7.74. The number of nitro groups is 1. The van der Waals surface area contributed by atoms with Gasteiger partial charge in [0, 0.05) is 23.6 Å². The lowest BCUT2D eigenvalue weighted by Crippen LogP contribution is -1.98. The van der Waals surface area contributed by atoms with Gasteiger partial charge in [-0.2, -0.15) is 5.26 Å². The fourth-order valence-corrected chi connectivity index (χ4v) is 3.76. The molecule has 0 fully saturated rings. The Morgan fingerprint density at radius 1 is 1.24 bits per heavy atom. The predicted octanol–water partition coefficient (Wildman–Crippen LogP) is 4.08. The second-order valence-corrected chi connectivity index (χ2v) is 7.13. The van der Waals surface area contributed by atoms with Crippen molar-refractivity contribution in [2.24, 2.45) is 0 Å². The quantitative estimate of drug-likeness (QED) is 0.515. The van der Waals surface area contributed by atoms with E-state index in [2.05, 4.69) is 15.5 Å². The van der Waals surface area contributed by atoms with Crippen molar-refractivity contribution in [2.45, 2.75) is 15.8 Å². The van der Waals surface area contributed by atoms with Gasteiger partial charge in [0.15, 0.2) is 4.34 Å². The highest BCUT2D eigenvalue weighted by Gasteiger charge is 2.14. The average molecular weight is 369 g/mol. The van der Waals surface area contributed by atoms with E-state index in [4.69, 9.17) is 0 Å². The van der Waals surface area contributed by atoms with Gasteiger partial charge in [-0.15, -0.1) is 10.2 Å². The standard InChI is InChI=1S/C16H11N5O2S2/c17-9-12-8-13(21(22)23)6-7-14(12)24-16-20-19-15(25-16)18-10-11-4-2-1-3-5-11/h1-8H,10H2,(H,18,19). The van der Waals surface area contributed by atoms with Crippen LogP contribution in [0, 0.1) is 21.4 Å². The Kier molecular flexibility index (Phi) is 5.23. The van der Waals surface area contributed by atoms with Gasteiger partial charge in [-0.1, -0.05) is 53.4 Å². The third kappa shape index (κ3) is 4.32. The van der Waals surface area contributed by atoms with Crippen LogP contribution in [-0.2, 0) is 6.54 Å². The molecule has 0 aliphatic rings. The van der Waals surface area contributed by atoms with Crippen molar-refractivity contribution in [1.29, 1.82) is 5.26 Å². The zero-order valence-corrected chi connectivity index (χ0v) is 14.4. The number of benzene rings is 2. The maximum Gasteiger partial charge on any atom is 0.270 e. The summed E-state index contributed by atoms with van der Waals surface area (Å²) in [5, 5.41) is 32.0. The summed E-state index contributed by atoms with van der Waals surface area (Å²) in [6, 6.07) is 16.1. The van der Waals surface area contributed by atoms with Crippen LogP contribution >= 0.6 is 23.1 Å². The number of hydrogen-bond donors (Lipinski definition) is 1. The van der Waals surface area contributed by atoms with Crippen molar-refractivity contribution < 1.29 is 4.92 Å². The second-order valence-electron chi connectivity index (χ2n) is 4.86. The van der Waals surface area contributed by atoms with Crippen LogP contribution in [0.2, 0.25) is 0 Å². The fourth-order valence-electron chi connectivity index (χ4n) is 2.00. The summed E-state index contributed by atoms with van der Waals surface area (Å²) in [5.74, 6) is 0. The van der Waals surface area contributed by atoms with Gasteiger partial charge in [-0.3, -0.25) is 10.1 Å². The molecule has 0 saturated heterocycles. The number of nitriles is 1. The van der Waals surface area contributed by atoms with Gasteiger partial charge < -0.3 is 5.32 Å². The van der Waals surface area contributed by atoms with Crippen LogP contribution in [0.25, 0.3) is 0 Å². The molecule has 2 aromatic carbocycles. The maximum atomic E-state index is 10.8. The molecule has 25 heavy (non-hydrogen) atoms. The van der Waals surface area contributed by atoms with E-state index in [1.165, 1.54) is 35.2 Å². The van der Waals surface area contributed by atoms with Crippen LogP contribution in [0.5, 0.6) is 0 Å². The highest BCUT2D eigenvalue weighted by atomic mass is 32.2. The molecule has 0 atom stereocenters. The lowest BCUT2D eigenvalue weighted by atomic mass is 10.2. The fraction of sp³-hybridized carbons (Fsp3) is 0.0625. The number of rotatable bonds is 6. The van der Waals surface area contributed by atoms with E-state index in [9.17, 15) is 15.4 Å². The molecule has 124 valence electrons. The van der Waals surface area contributed by atoms with E-state index in [1.54, 1.807) is 6.07 Å². The first-order valence-electron chi connectivity index (χ1n) is 7.13. The number of aromatic nitrogens is 2.